The molecule has 6 rings (SSSR count). The van der Waals surface area contributed by atoms with E-state index in [1.54, 1.807) is 41.3 Å². The van der Waals surface area contributed by atoms with E-state index in [0.29, 0.717) is 47.0 Å². The van der Waals surface area contributed by atoms with Gasteiger partial charge in [-0.1, -0.05) is 50.2 Å². The van der Waals surface area contributed by atoms with Gasteiger partial charge in [0.25, 0.3) is 5.91 Å². The number of carbonyl (C=O) groups excluding carboxylic acids is 3. The molecule has 0 unspecified atom stereocenters. The second-order valence-corrected chi connectivity index (χ2v) is 15.6. The SMILES string of the molecule is COC(=O)N[C@H](C(=O)N1N=CC[C@H]1c1ncc(-c2ccc(-c3ccc(-c4cnc([C@@H]5C[C@H](SC)CN5C(=O)OC(C)(C)C)[nH]4)cc3F)cc2)[nH]1)C(C)C. The first kappa shape index (κ1) is 37.6. The van der Waals surface area contributed by atoms with Crippen LogP contribution >= 0.6 is 11.8 Å². The van der Waals surface area contributed by atoms with Gasteiger partial charge in [0.1, 0.15) is 35.2 Å². The van der Waals surface area contributed by atoms with Crippen molar-refractivity contribution < 1.29 is 28.2 Å². The van der Waals surface area contributed by atoms with Gasteiger partial charge in [0.05, 0.1) is 36.9 Å². The predicted molar refractivity (Wildman–Crippen MR) is 201 cm³/mol. The van der Waals surface area contributed by atoms with Crippen molar-refractivity contribution in [3.63, 3.8) is 0 Å². The fourth-order valence-corrected chi connectivity index (χ4v) is 7.18. The molecule has 0 bridgehead atoms. The highest BCUT2D eigenvalue weighted by molar-refractivity contribution is 7.99. The average Bonchev–Trinajstić information content (AvgIpc) is 3.95. The van der Waals surface area contributed by atoms with Crippen LogP contribution in [-0.4, -0.2) is 91.0 Å². The number of nitrogens with zero attached hydrogens (tertiary/aromatic N) is 5. The van der Waals surface area contributed by atoms with Crippen molar-refractivity contribution >= 4 is 36.1 Å². The van der Waals surface area contributed by atoms with Gasteiger partial charge < -0.3 is 24.8 Å². The minimum atomic E-state index is -0.824. The summed E-state index contributed by atoms with van der Waals surface area (Å²) in [4.78, 5) is 55.8. The highest BCUT2D eigenvalue weighted by atomic mass is 32.2. The third-order valence-electron chi connectivity index (χ3n) is 9.28. The Balaban J connectivity index is 1.14. The molecule has 4 atom stereocenters. The van der Waals surface area contributed by atoms with E-state index in [4.69, 9.17) is 9.47 Å². The van der Waals surface area contributed by atoms with Gasteiger partial charge in [-0.05, 0) is 56.6 Å². The smallest absolute Gasteiger partial charge is 0.410 e. The lowest BCUT2D eigenvalue weighted by atomic mass is 10.0. The van der Waals surface area contributed by atoms with Gasteiger partial charge >= 0.3 is 12.2 Å². The maximum Gasteiger partial charge on any atom is 0.410 e. The third-order valence-corrected chi connectivity index (χ3v) is 10.3. The zero-order valence-electron chi connectivity index (χ0n) is 30.8. The van der Waals surface area contributed by atoms with Crippen molar-refractivity contribution in [3.8, 4) is 33.6 Å². The summed E-state index contributed by atoms with van der Waals surface area (Å²) in [6.07, 6.45) is 7.16. The van der Waals surface area contributed by atoms with Crippen molar-refractivity contribution in [2.75, 3.05) is 19.9 Å². The zero-order chi connectivity index (χ0) is 38.0. The van der Waals surface area contributed by atoms with Gasteiger partial charge in [-0.2, -0.15) is 16.9 Å². The number of halogens is 1. The number of benzene rings is 2. The Morgan fingerprint density at radius 3 is 2.19 bits per heavy atom. The van der Waals surface area contributed by atoms with Gasteiger partial charge in [-0.25, -0.2) is 29.0 Å². The highest BCUT2D eigenvalue weighted by Gasteiger charge is 2.40. The fourth-order valence-electron chi connectivity index (χ4n) is 6.50. The van der Waals surface area contributed by atoms with Crippen molar-refractivity contribution in [1.29, 1.82) is 0 Å². The number of amides is 3. The number of imidazole rings is 2. The number of hydrazone groups is 1. The van der Waals surface area contributed by atoms with Crippen LogP contribution in [0.1, 0.15) is 71.2 Å². The van der Waals surface area contributed by atoms with E-state index in [0.717, 1.165) is 17.7 Å². The standard InChI is InChI=1S/C38H45FN8O5S/c1-21(2)32(45-36(49)51-6)35(48)47-30(14-15-42-47)33-40-18-28(43-33)23-10-8-22(9-11-23)26-13-12-24(16-27(26)39)29-19-41-34(44-29)31-17-25(53-7)20-46(31)37(50)52-38(3,4)5/h8-13,15-16,18-19,21,25,30-32H,14,17,20H2,1-7H3,(H,40,43)(H,41,44)(H,45,49)/t25-,30-,31-,32-/m0/s1. The minimum Gasteiger partial charge on any atom is -0.453 e. The number of likely N-dealkylation sites (tertiary alicyclic amines) is 1. The number of rotatable bonds is 9. The number of hydrogen-bond donors (Lipinski definition) is 3. The van der Waals surface area contributed by atoms with Crippen LogP contribution in [0.25, 0.3) is 33.6 Å². The van der Waals surface area contributed by atoms with E-state index in [9.17, 15) is 14.4 Å². The topological polar surface area (TPSA) is 158 Å². The number of alkyl carbamates (subject to hydrolysis) is 1. The molecule has 0 saturated carbocycles. The lowest BCUT2D eigenvalue weighted by molar-refractivity contribution is -0.136. The van der Waals surface area contributed by atoms with Gasteiger partial charge in [-0.15, -0.1) is 0 Å². The summed E-state index contributed by atoms with van der Waals surface area (Å²) in [5.74, 6) is 0.237. The van der Waals surface area contributed by atoms with Crippen LogP contribution in [0.15, 0.2) is 60.0 Å². The summed E-state index contributed by atoms with van der Waals surface area (Å²) < 4.78 is 26.0. The molecule has 0 spiro atoms. The molecule has 4 aromatic rings. The van der Waals surface area contributed by atoms with E-state index in [1.807, 2.05) is 71.2 Å². The number of H-pyrrole nitrogens is 2. The number of hydrogen-bond acceptors (Lipinski definition) is 9. The molecule has 2 aliphatic rings. The van der Waals surface area contributed by atoms with E-state index in [1.165, 1.54) is 18.2 Å². The monoisotopic (exact) mass is 744 g/mol. The lowest BCUT2D eigenvalue weighted by Gasteiger charge is -2.27. The van der Waals surface area contributed by atoms with Crippen LogP contribution in [-0.2, 0) is 14.3 Å². The molecule has 280 valence electrons. The first-order valence-corrected chi connectivity index (χ1v) is 18.8. The second-order valence-electron chi connectivity index (χ2n) is 14.5. The Morgan fingerprint density at radius 1 is 0.962 bits per heavy atom. The Hall–Kier alpha value is -5.18. The number of aromatic nitrogens is 4. The summed E-state index contributed by atoms with van der Waals surface area (Å²) >= 11 is 1.71. The Labute approximate surface area is 312 Å². The summed E-state index contributed by atoms with van der Waals surface area (Å²) in [6, 6.07) is 10.9. The molecule has 3 N–H and O–H groups in total. The summed E-state index contributed by atoms with van der Waals surface area (Å²) in [6.45, 7) is 9.76. The van der Waals surface area contributed by atoms with Crippen LogP contribution in [0, 0.1) is 11.7 Å². The van der Waals surface area contributed by atoms with Crippen molar-refractivity contribution in [2.45, 2.75) is 76.4 Å². The predicted octanol–water partition coefficient (Wildman–Crippen LogP) is 7.33. The zero-order valence-corrected chi connectivity index (χ0v) is 31.7. The molecule has 0 aliphatic carbocycles. The fraction of sp³-hybridized carbons (Fsp3) is 0.421. The van der Waals surface area contributed by atoms with Crippen LogP contribution in [0.2, 0.25) is 0 Å². The van der Waals surface area contributed by atoms with Gasteiger partial charge in [0, 0.05) is 35.6 Å². The lowest BCUT2D eigenvalue weighted by Crippen LogP contribution is -2.50. The molecular formula is C38H45FN8O5S. The molecule has 2 aliphatic heterocycles. The molecule has 0 radical (unpaired) electrons. The van der Waals surface area contributed by atoms with Crippen molar-refractivity contribution in [3.05, 3.63) is 72.3 Å². The maximum atomic E-state index is 15.7. The van der Waals surface area contributed by atoms with E-state index < -0.39 is 23.8 Å². The molecule has 2 aromatic heterocycles. The molecule has 3 amide bonds. The number of nitrogens with one attached hydrogen (secondary N) is 3. The van der Waals surface area contributed by atoms with Crippen LogP contribution in [0.3, 0.4) is 0 Å². The average molecular weight is 745 g/mol. The Bertz CT molecular complexity index is 1990. The highest BCUT2D eigenvalue weighted by Crippen LogP contribution is 2.38. The molecule has 53 heavy (non-hydrogen) atoms. The summed E-state index contributed by atoms with van der Waals surface area (Å²) in [5.41, 5.74) is 3.37. The van der Waals surface area contributed by atoms with E-state index >= 15 is 4.39 Å². The molecule has 15 heteroatoms. The quantitative estimate of drug-likeness (QED) is 0.161. The molecule has 13 nitrogen and oxygen atoms in total. The summed E-state index contributed by atoms with van der Waals surface area (Å²) in [7, 11) is 1.25. The Kier molecular flexibility index (Phi) is 10.9. The van der Waals surface area contributed by atoms with Crippen LogP contribution < -0.4 is 5.32 Å². The van der Waals surface area contributed by atoms with Gasteiger partial charge in [-0.3, -0.25) is 9.69 Å². The van der Waals surface area contributed by atoms with Crippen molar-refractivity contribution in [1.82, 2.24) is 35.2 Å². The molecular weight excluding hydrogens is 700 g/mol. The molecule has 1 saturated heterocycles. The largest absolute Gasteiger partial charge is 0.453 e. The number of aromatic amines is 2. The summed E-state index contributed by atoms with van der Waals surface area (Å²) in [5, 5.41) is 8.48. The normalized spacial score (nSPS) is 19.2. The Morgan fingerprint density at radius 2 is 1.58 bits per heavy atom. The van der Waals surface area contributed by atoms with E-state index in [-0.39, 0.29) is 35.0 Å². The number of thioether (sulfide) groups is 1. The van der Waals surface area contributed by atoms with E-state index in [2.05, 4.69) is 30.4 Å². The second kappa shape index (κ2) is 15.4. The van der Waals surface area contributed by atoms with Crippen molar-refractivity contribution in [2.24, 2.45) is 11.0 Å². The molecule has 2 aromatic carbocycles. The molecule has 1 fully saturated rings. The number of ether oxygens (including phenoxy) is 2. The molecule has 4 heterocycles. The van der Waals surface area contributed by atoms with Gasteiger partial charge in [0.2, 0.25) is 0 Å². The first-order valence-electron chi connectivity index (χ1n) is 17.5. The first-order chi connectivity index (χ1) is 25.3. The number of carbonyl (C=O) groups is 3. The minimum absolute atomic E-state index is 0.198. The third kappa shape index (κ3) is 8.24. The van der Waals surface area contributed by atoms with Crippen LogP contribution in [0.4, 0.5) is 14.0 Å². The van der Waals surface area contributed by atoms with Crippen LogP contribution in [0.5, 0.6) is 0 Å². The maximum absolute atomic E-state index is 15.7. The van der Waals surface area contributed by atoms with Gasteiger partial charge in [0.15, 0.2) is 0 Å². The number of methoxy groups -OCH3 is 1.